The molecule has 7 rings (SSSR count). The molecule has 16 nitrogen and oxygen atoms in total. The van der Waals surface area contributed by atoms with Gasteiger partial charge in [-0.3, -0.25) is 14.4 Å². The van der Waals surface area contributed by atoms with Crippen molar-refractivity contribution in [3.8, 4) is 0 Å². The average molecular weight is 1100 g/mol. The van der Waals surface area contributed by atoms with Crippen LogP contribution in [0.5, 0.6) is 0 Å². The van der Waals surface area contributed by atoms with E-state index in [0.717, 1.165) is 86.2 Å². The Kier molecular flexibility index (Phi) is 21.6. The van der Waals surface area contributed by atoms with Crippen molar-refractivity contribution in [2.24, 2.45) is 11.8 Å². The minimum absolute atomic E-state index is 0.0337. The van der Waals surface area contributed by atoms with Gasteiger partial charge in [0.05, 0.1) is 6.42 Å². The molecule has 2 heterocycles. The lowest BCUT2D eigenvalue weighted by Crippen LogP contribution is -2.53. The maximum absolute atomic E-state index is 15.8. The first-order chi connectivity index (χ1) is 37.7. The maximum Gasteiger partial charge on any atom is 0.347 e. The number of carbonyl (C=O) groups excluding carboxylic acids is 7. The van der Waals surface area contributed by atoms with Gasteiger partial charge in [0.2, 0.25) is 5.91 Å². The van der Waals surface area contributed by atoms with E-state index in [4.69, 9.17) is 28.4 Å². The third kappa shape index (κ3) is 18.2. The van der Waals surface area contributed by atoms with Gasteiger partial charge in [0.25, 0.3) is 11.8 Å². The maximum atomic E-state index is 15.8. The molecule has 2 saturated heterocycles. The number of benzene rings is 3. The molecule has 429 valence electrons. The molecule has 2 aliphatic heterocycles. The molecule has 17 heteroatoms. The first-order valence-electron chi connectivity index (χ1n) is 28.2. The number of carbonyl (C=O) groups is 7. The van der Waals surface area contributed by atoms with Crippen molar-refractivity contribution < 1.29 is 66.4 Å². The summed E-state index contributed by atoms with van der Waals surface area (Å²) in [5, 5.41) is 0. The van der Waals surface area contributed by atoms with Crippen molar-refractivity contribution >= 4 is 41.6 Å². The number of halogens is 1. The lowest BCUT2D eigenvalue weighted by atomic mass is 9.90. The number of hydrogen-bond donors (Lipinski definition) is 0. The Morgan fingerprint density at radius 1 is 0.570 bits per heavy atom. The highest BCUT2D eigenvalue weighted by atomic mass is 19.1. The molecule has 2 saturated carbocycles. The van der Waals surface area contributed by atoms with Crippen LogP contribution < -0.4 is 0 Å². The molecule has 79 heavy (non-hydrogen) atoms. The Morgan fingerprint density at radius 2 is 1.04 bits per heavy atom. The standard InChI is InChI=1S/C62H81FN3O13/c1-40(77-59(71)51(35-43-13-14-43)64(5)55(67)26-21-42-17-22-47(23-18-42)49-27-31-74-32-28-49)56(68)66(7)53(38-62(3,4)63)61(73)79-54(37-45-19-24-48(25-20-45)50-29-33-75-34-30-50)57(69)65(6)52(36-44-15-16-44)60(72)78-41(2)58(70)76-39-46-11-9-8-10-12-46/h8-12,17-20,22-26,40-41,43-44,49-54H,13-16,21,27-39H2,1-7H3/t40-,41-,51+,52+,53+,54-/m1/s1. The highest BCUT2D eigenvalue weighted by Gasteiger charge is 2.43. The second kappa shape index (κ2) is 28.3. The molecule has 0 unspecified atom stereocenters. The zero-order valence-corrected chi connectivity index (χ0v) is 47.1. The predicted molar refractivity (Wildman–Crippen MR) is 292 cm³/mol. The second-order valence-electron chi connectivity index (χ2n) is 22.7. The summed E-state index contributed by atoms with van der Waals surface area (Å²) in [6.07, 6.45) is 4.37. The smallest absolute Gasteiger partial charge is 0.347 e. The normalized spacial score (nSPS) is 18.4. The summed E-state index contributed by atoms with van der Waals surface area (Å²) in [4.78, 5) is 102. The van der Waals surface area contributed by atoms with E-state index in [2.05, 4.69) is 12.1 Å². The summed E-state index contributed by atoms with van der Waals surface area (Å²) >= 11 is 0. The van der Waals surface area contributed by atoms with Gasteiger partial charge in [-0.05, 0) is 124 Å². The van der Waals surface area contributed by atoms with Gasteiger partial charge in [-0.2, -0.15) is 0 Å². The molecule has 2 aliphatic carbocycles. The Morgan fingerprint density at radius 3 is 1.54 bits per heavy atom. The van der Waals surface area contributed by atoms with E-state index in [1.807, 2.05) is 42.5 Å². The van der Waals surface area contributed by atoms with E-state index in [-0.39, 0.29) is 43.1 Å². The molecule has 6 atom stereocenters. The zero-order chi connectivity index (χ0) is 56.8. The van der Waals surface area contributed by atoms with Crippen LogP contribution >= 0.6 is 0 Å². The van der Waals surface area contributed by atoms with E-state index in [1.165, 1.54) is 70.6 Å². The summed E-state index contributed by atoms with van der Waals surface area (Å²) in [5.41, 5.74) is 2.59. The molecule has 3 aromatic rings. The lowest BCUT2D eigenvalue weighted by Gasteiger charge is -2.34. The fourth-order valence-corrected chi connectivity index (χ4v) is 10.3. The number of alkyl halides is 1. The van der Waals surface area contributed by atoms with Gasteiger partial charge in [-0.1, -0.05) is 105 Å². The molecule has 0 N–H and O–H groups in total. The quantitative estimate of drug-likeness (QED) is 0.0526. The van der Waals surface area contributed by atoms with Gasteiger partial charge in [0.15, 0.2) is 18.3 Å². The minimum Gasteiger partial charge on any atom is -0.458 e. The van der Waals surface area contributed by atoms with Crippen molar-refractivity contribution in [2.45, 2.75) is 172 Å². The topological polar surface area (TPSA) is 185 Å². The second-order valence-corrected chi connectivity index (χ2v) is 22.7. The first kappa shape index (κ1) is 60.4. The molecule has 4 aliphatic rings. The van der Waals surface area contributed by atoms with Gasteiger partial charge in [0.1, 0.15) is 30.4 Å². The Bertz CT molecular complexity index is 2520. The van der Waals surface area contributed by atoms with Crippen LogP contribution in [0.1, 0.15) is 138 Å². The van der Waals surface area contributed by atoms with Crippen molar-refractivity contribution in [1.82, 2.24) is 14.7 Å². The molecule has 0 aromatic heterocycles. The van der Waals surface area contributed by atoms with Gasteiger partial charge < -0.3 is 43.1 Å². The summed E-state index contributed by atoms with van der Waals surface area (Å²) < 4.78 is 49.9. The molecular formula is C62H81FN3O13. The van der Waals surface area contributed by atoms with Gasteiger partial charge in [0, 0.05) is 60.4 Å². The molecule has 3 aromatic carbocycles. The summed E-state index contributed by atoms with van der Waals surface area (Å²) in [6.45, 7) is 7.96. The van der Waals surface area contributed by atoms with Gasteiger partial charge >= 0.3 is 23.9 Å². The van der Waals surface area contributed by atoms with Gasteiger partial charge in [-0.25, -0.2) is 23.6 Å². The summed E-state index contributed by atoms with van der Waals surface area (Å²) in [6, 6.07) is 21.0. The minimum atomic E-state index is -2.05. The first-order valence-corrected chi connectivity index (χ1v) is 28.2. The SMILES string of the molecule is C[C@@H](OC(=O)[C@H](CC1CC1)N(C)C(=O)[C@@H](Cc1ccc(C2CCOCC2)cc1)OC(=O)[C@H](CC(C)(C)F)N(C)C(=O)[C@@H](C)OC(=O)[C@H](CC1CC1)N(C)C(=O)[CH]Cc1ccc(C2CCOCC2)cc1)C(=O)OCc1ccccc1. The van der Waals surface area contributed by atoms with Crippen LogP contribution in [0, 0.1) is 18.3 Å². The van der Waals surface area contributed by atoms with E-state index in [1.54, 1.807) is 24.3 Å². The van der Waals surface area contributed by atoms with Crippen LogP contribution in [-0.2, 0) is 81.4 Å². The van der Waals surface area contributed by atoms with Crippen molar-refractivity contribution in [1.29, 1.82) is 0 Å². The Hall–Kier alpha value is -6.20. The monoisotopic (exact) mass is 1090 g/mol. The van der Waals surface area contributed by atoms with Crippen LogP contribution in [0.25, 0.3) is 0 Å². The third-order valence-corrected chi connectivity index (χ3v) is 15.7. The van der Waals surface area contributed by atoms with Crippen molar-refractivity contribution in [2.75, 3.05) is 47.6 Å². The number of likely N-dealkylation sites (N-methyl/N-ethyl adjacent to an activating group) is 3. The molecule has 1 radical (unpaired) electrons. The lowest BCUT2D eigenvalue weighted by molar-refractivity contribution is -0.175. The highest BCUT2D eigenvalue weighted by molar-refractivity contribution is 5.93. The third-order valence-electron chi connectivity index (χ3n) is 15.7. The number of amides is 3. The van der Waals surface area contributed by atoms with Crippen molar-refractivity contribution in [3.63, 3.8) is 0 Å². The van der Waals surface area contributed by atoms with E-state index >= 15 is 4.39 Å². The van der Waals surface area contributed by atoms with Gasteiger partial charge in [-0.15, -0.1) is 0 Å². The molecule has 3 amide bonds. The fraction of sp³-hybridized carbons (Fsp3) is 0.581. The zero-order valence-electron chi connectivity index (χ0n) is 47.1. The Labute approximate surface area is 465 Å². The number of rotatable bonds is 27. The fourth-order valence-electron chi connectivity index (χ4n) is 10.3. The van der Waals surface area contributed by atoms with Crippen LogP contribution in [0.3, 0.4) is 0 Å². The summed E-state index contributed by atoms with van der Waals surface area (Å²) in [5.74, 6) is -4.51. The number of esters is 4. The molecule has 4 fully saturated rings. The van der Waals surface area contributed by atoms with E-state index in [0.29, 0.717) is 37.5 Å². The number of hydrogen-bond acceptors (Lipinski definition) is 13. The average Bonchev–Trinajstić information content (AvgIpc) is 4.43. The number of ether oxygens (including phenoxy) is 6. The predicted octanol–water partition coefficient (Wildman–Crippen LogP) is 8.20. The van der Waals surface area contributed by atoms with Crippen LogP contribution in [-0.4, -0.2) is 146 Å². The summed E-state index contributed by atoms with van der Waals surface area (Å²) in [7, 11) is 4.22. The Balaban J connectivity index is 1.04. The van der Waals surface area contributed by atoms with E-state index in [9.17, 15) is 33.6 Å². The largest absolute Gasteiger partial charge is 0.458 e. The number of nitrogens with zero attached hydrogens (tertiary/aromatic N) is 3. The molecular weight excluding hydrogens is 1010 g/mol. The van der Waals surface area contributed by atoms with E-state index < -0.39 is 84.2 Å². The van der Waals surface area contributed by atoms with Crippen LogP contribution in [0.4, 0.5) is 4.39 Å². The van der Waals surface area contributed by atoms with Crippen LogP contribution in [0.2, 0.25) is 0 Å². The van der Waals surface area contributed by atoms with Crippen LogP contribution in [0.15, 0.2) is 78.9 Å². The molecule has 0 bridgehead atoms. The highest BCUT2D eigenvalue weighted by Crippen LogP contribution is 2.37. The molecule has 0 spiro atoms. The van der Waals surface area contributed by atoms with Crippen molar-refractivity contribution in [3.05, 3.63) is 113 Å².